The Morgan fingerprint density at radius 1 is 1.12 bits per heavy atom. The summed E-state index contributed by atoms with van der Waals surface area (Å²) in [5.74, 6) is 0.0156. The highest BCUT2D eigenvalue weighted by atomic mass is 32.2. The first-order valence-corrected chi connectivity index (χ1v) is 11.2. The number of aryl methyl sites for hydroxylation is 1. The zero-order valence-corrected chi connectivity index (χ0v) is 19.0. The van der Waals surface area contributed by atoms with Crippen LogP contribution in [0.1, 0.15) is 11.1 Å². The highest BCUT2D eigenvalue weighted by molar-refractivity contribution is 7.99. The number of hydrogen-bond donors (Lipinski definition) is 1. The second kappa shape index (κ2) is 9.87. The number of nitrogens with zero attached hydrogens (tertiary/aromatic N) is 2. The van der Waals surface area contributed by atoms with Crippen molar-refractivity contribution < 1.29 is 13.9 Å². The fourth-order valence-corrected chi connectivity index (χ4v) is 4.20. The number of nitrogens with one attached hydrogen (secondary N) is 1. The fourth-order valence-electron chi connectivity index (χ4n) is 3.41. The molecule has 0 aliphatic heterocycles. The molecule has 1 N–H and O–H groups in total. The van der Waals surface area contributed by atoms with E-state index in [0.717, 1.165) is 11.1 Å². The molecular weight excluding hydrogens is 441 g/mol. The molecule has 8 heteroatoms. The summed E-state index contributed by atoms with van der Waals surface area (Å²) in [6.07, 6.45) is 0. The third kappa shape index (κ3) is 5.23. The molecule has 4 rings (SSSR count). The van der Waals surface area contributed by atoms with Crippen LogP contribution in [0.5, 0.6) is 5.75 Å². The van der Waals surface area contributed by atoms with Gasteiger partial charge in [0.2, 0.25) is 5.91 Å². The second-order valence-electron chi connectivity index (χ2n) is 7.47. The van der Waals surface area contributed by atoms with Crippen LogP contribution in [0.4, 0.5) is 10.1 Å². The van der Waals surface area contributed by atoms with Crippen LogP contribution in [0.15, 0.2) is 76.7 Å². The number of ether oxygens (including phenoxy) is 1. The minimum atomic E-state index is -0.347. The van der Waals surface area contributed by atoms with E-state index < -0.39 is 0 Å². The van der Waals surface area contributed by atoms with Gasteiger partial charge in [0.15, 0.2) is 5.16 Å². The standard InChI is InChI=1S/C25H22FN3O3S/c1-16-7-12-22(32-2)21(13-16)27-23(30)15-33-25-28-20-6-4-3-5-19(20)24(31)29(25)14-17-8-10-18(26)11-9-17/h3-13H,14-15H2,1-2H3,(H,27,30). The van der Waals surface area contributed by atoms with E-state index in [2.05, 4.69) is 10.3 Å². The molecule has 0 fully saturated rings. The molecule has 0 saturated carbocycles. The van der Waals surface area contributed by atoms with E-state index in [1.54, 1.807) is 43.5 Å². The number of carbonyl (C=O) groups excluding carboxylic acids is 1. The number of methoxy groups -OCH3 is 1. The Balaban J connectivity index is 1.61. The van der Waals surface area contributed by atoms with E-state index in [-0.39, 0.29) is 29.6 Å². The fraction of sp³-hybridized carbons (Fsp3) is 0.160. The van der Waals surface area contributed by atoms with Gasteiger partial charge in [-0.15, -0.1) is 0 Å². The number of aromatic nitrogens is 2. The lowest BCUT2D eigenvalue weighted by Gasteiger charge is -2.14. The lowest BCUT2D eigenvalue weighted by molar-refractivity contribution is -0.113. The van der Waals surface area contributed by atoms with Crippen LogP contribution >= 0.6 is 11.8 Å². The van der Waals surface area contributed by atoms with Crippen LogP contribution in [-0.2, 0) is 11.3 Å². The predicted octanol–water partition coefficient (Wildman–Crippen LogP) is 4.63. The molecule has 1 heterocycles. The number of amides is 1. The van der Waals surface area contributed by atoms with E-state index in [0.29, 0.717) is 27.5 Å². The Morgan fingerprint density at radius 2 is 1.88 bits per heavy atom. The molecule has 3 aromatic carbocycles. The first-order chi connectivity index (χ1) is 15.9. The topological polar surface area (TPSA) is 73.2 Å². The second-order valence-corrected chi connectivity index (χ2v) is 8.41. The van der Waals surface area contributed by atoms with E-state index in [4.69, 9.17) is 4.74 Å². The van der Waals surface area contributed by atoms with Gasteiger partial charge in [0, 0.05) is 0 Å². The van der Waals surface area contributed by atoms with Crippen LogP contribution in [0.2, 0.25) is 0 Å². The molecule has 4 aromatic rings. The Morgan fingerprint density at radius 3 is 2.64 bits per heavy atom. The average molecular weight is 464 g/mol. The zero-order valence-electron chi connectivity index (χ0n) is 18.2. The molecule has 0 bridgehead atoms. The van der Waals surface area contributed by atoms with Crippen molar-refractivity contribution in [1.82, 2.24) is 9.55 Å². The summed E-state index contributed by atoms with van der Waals surface area (Å²) in [6, 6.07) is 18.6. The SMILES string of the molecule is COc1ccc(C)cc1NC(=O)CSc1nc2ccccc2c(=O)n1Cc1ccc(F)cc1. The quantitative estimate of drug-likeness (QED) is 0.320. The Bertz CT molecular complexity index is 1370. The van der Waals surface area contributed by atoms with Crippen molar-refractivity contribution in [2.45, 2.75) is 18.6 Å². The van der Waals surface area contributed by atoms with Crippen molar-refractivity contribution in [2.75, 3.05) is 18.2 Å². The van der Waals surface area contributed by atoms with Crippen LogP contribution in [0, 0.1) is 12.7 Å². The first-order valence-electron chi connectivity index (χ1n) is 10.3. The highest BCUT2D eigenvalue weighted by Gasteiger charge is 2.15. The van der Waals surface area contributed by atoms with Gasteiger partial charge in [-0.1, -0.05) is 42.1 Å². The lowest BCUT2D eigenvalue weighted by atomic mass is 10.2. The third-order valence-corrected chi connectivity index (χ3v) is 6.02. The lowest BCUT2D eigenvalue weighted by Crippen LogP contribution is -2.25. The third-order valence-electron chi connectivity index (χ3n) is 5.04. The molecule has 0 aliphatic rings. The Labute approximate surface area is 194 Å². The maximum Gasteiger partial charge on any atom is 0.262 e. The summed E-state index contributed by atoms with van der Waals surface area (Å²) in [7, 11) is 1.54. The highest BCUT2D eigenvalue weighted by Crippen LogP contribution is 2.26. The number of benzene rings is 3. The number of hydrogen-bond acceptors (Lipinski definition) is 5. The Kier molecular flexibility index (Phi) is 6.74. The van der Waals surface area contributed by atoms with Gasteiger partial charge in [-0.25, -0.2) is 9.37 Å². The number of anilines is 1. The number of para-hydroxylation sites is 1. The molecule has 1 amide bonds. The molecule has 0 atom stereocenters. The van der Waals surface area contributed by atoms with Gasteiger partial charge in [-0.05, 0) is 54.4 Å². The van der Waals surface area contributed by atoms with Gasteiger partial charge < -0.3 is 10.1 Å². The average Bonchev–Trinajstić information content (AvgIpc) is 2.81. The summed E-state index contributed by atoms with van der Waals surface area (Å²) in [4.78, 5) is 30.5. The molecule has 1 aromatic heterocycles. The molecule has 0 spiro atoms. The van der Waals surface area contributed by atoms with Crippen molar-refractivity contribution >= 4 is 34.3 Å². The number of halogens is 1. The first kappa shape index (κ1) is 22.5. The molecule has 6 nitrogen and oxygen atoms in total. The molecule has 168 valence electrons. The molecular formula is C25H22FN3O3S. The van der Waals surface area contributed by atoms with E-state index in [1.807, 2.05) is 25.1 Å². The van der Waals surface area contributed by atoms with Crippen molar-refractivity contribution in [1.29, 1.82) is 0 Å². The van der Waals surface area contributed by atoms with Gasteiger partial charge >= 0.3 is 0 Å². The number of rotatable bonds is 7. The summed E-state index contributed by atoms with van der Waals surface area (Å²) in [5.41, 5.74) is 2.67. The van der Waals surface area contributed by atoms with Crippen LogP contribution in [-0.4, -0.2) is 28.3 Å². The largest absolute Gasteiger partial charge is 0.495 e. The monoisotopic (exact) mass is 463 g/mol. The maximum atomic E-state index is 13.3. The number of fused-ring (bicyclic) bond motifs is 1. The minimum absolute atomic E-state index is 0.0469. The van der Waals surface area contributed by atoms with Gasteiger partial charge in [0.25, 0.3) is 5.56 Å². The molecule has 33 heavy (non-hydrogen) atoms. The van der Waals surface area contributed by atoms with Crippen LogP contribution in [0.25, 0.3) is 10.9 Å². The van der Waals surface area contributed by atoms with E-state index >= 15 is 0 Å². The van der Waals surface area contributed by atoms with Crippen LogP contribution < -0.4 is 15.6 Å². The summed E-state index contributed by atoms with van der Waals surface area (Å²) < 4.78 is 20.2. The number of thioether (sulfide) groups is 1. The molecule has 0 radical (unpaired) electrons. The van der Waals surface area contributed by atoms with Crippen molar-refractivity contribution in [3.05, 3.63) is 94.0 Å². The summed E-state index contributed by atoms with van der Waals surface area (Å²) in [5, 5.41) is 3.75. The van der Waals surface area contributed by atoms with Gasteiger partial charge in [0.05, 0.1) is 36.0 Å². The number of carbonyl (C=O) groups is 1. The Hall–Kier alpha value is -3.65. The summed E-state index contributed by atoms with van der Waals surface area (Å²) >= 11 is 1.17. The van der Waals surface area contributed by atoms with Gasteiger partial charge in [-0.3, -0.25) is 14.2 Å². The van der Waals surface area contributed by atoms with Crippen molar-refractivity contribution in [2.24, 2.45) is 0 Å². The minimum Gasteiger partial charge on any atom is -0.495 e. The van der Waals surface area contributed by atoms with Crippen molar-refractivity contribution in [3.8, 4) is 5.75 Å². The normalized spacial score (nSPS) is 10.9. The van der Waals surface area contributed by atoms with Gasteiger partial charge in [0.1, 0.15) is 11.6 Å². The van der Waals surface area contributed by atoms with Gasteiger partial charge in [-0.2, -0.15) is 0 Å². The smallest absolute Gasteiger partial charge is 0.262 e. The van der Waals surface area contributed by atoms with E-state index in [1.165, 1.54) is 28.5 Å². The molecule has 0 aliphatic carbocycles. The van der Waals surface area contributed by atoms with Crippen LogP contribution in [0.3, 0.4) is 0 Å². The molecule has 0 unspecified atom stereocenters. The van der Waals surface area contributed by atoms with E-state index in [9.17, 15) is 14.0 Å². The summed E-state index contributed by atoms with van der Waals surface area (Å²) in [6.45, 7) is 2.14. The van der Waals surface area contributed by atoms with Crippen molar-refractivity contribution in [3.63, 3.8) is 0 Å². The zero-order chi connectivity index (χ0) is 23.4. The maximum absolute atomic E-state index is 13.3. The predicted molar refractivity (Wildman–Crippen MR) is 129 cm³/mol. The molecule has 0 saturated heterocycles.